The first-order valence-corrected chi connectivity index (χ1v) is 6.80. The number of nitrogens with zero attached hydrogens (tertiary/aromatic N) is 2. The third-order valence-corrected chi connectivity index (χ3v) is 3.74. The zero-order valence-electron chi connectivity index (χ0n) is 8.82. The highest BCUT2D eigenvalue weighted by Crippen LogP contribution is 2.19. The van der Waals surface area contributed by atoms with Crippen molar-refractivity contribution in [3.05, 3.63) is 30.5 Å². The minimum Gasteiger partial charge on any atom is -0.304 e. The van der Waals surface area contributed by atoms with E-state index in [1.165, 1.54) is 11.3 Å². The molecule has 0 amide bonds. The summed E-state index contributed by atoms with van der Waals surface area (Å²) < 4.78 is 0.659. The van der Waals surface area contributed by atoms with Crippen molar-refractivity contribution in [2.24, 2.45) is 0 Å². The zero-order valence-corrected chi connectivity index (χ0v) is 11.8. The van der Waals surface area contributed by atoms with E-state index in [4.69, 9.17) is 0 Å². The van der Waals surface area contributed by atoms with Crippen LogP contribution in [0.2, 0.25) is 0 Å². The Labute approximate surface area is 110 Å². The first-order chi connectivity index (χ1) is 7.59. The van der Waals surface area contributed by atoms with Crippen LogP contribution in [0.5, 0.6) is 0 Å². The molecule has 0 aliphatic carbocycles. The Morgan fingerprint density at radius 2 is 2.25 bits per heavy atom. The fourth-order valence-electron chi connectivity index (χ4n) is 1.31. The minimum absolute atomic E-state index is 0.0951. The molecule has 2 aromatic heterocycles. The lowest BCUT2D eigenvalue weighted by Gasteiger charge is -2.07. The standard InChI is InChI=1S/C10H10IN3OS/c1-5(2)8-7(11)10(15)14-9(13-8)6-3-16-4-12-6/h3-5H,1-2H3,(H,13,14,15). The minimum atomic E-state index is -0.0951. The van der Waals surface area contributed by atoms with Gasteiger partial charge in [0.1, 0.15) is 5.69 Å². The highest BCUT2D eigenvalue weighted by Gasteiger charge is 2.13. The SMILES string of the molecule is CC(C)c1nc(-c2cscn2)[nH]c(=O)c1I. The highest BCUT2D eigenvalue weighted by molar-refractivity contribution is 14.1. The van der Waals surface area contributed by atoms with E-state index in [2.05, 4.69) is 15.0 Å². The van der Waals surface area contributed by atoms with Crippen molar-refractivity contribution < 1.29 is 0 Å². The highest BCUT2D eigenvalue weighted by atomic mass is 127. The van der Waals surface area contributed by atoms with Gasteiger partial charge < -0.3 is 4.98 Å². The van der Waals surface area contributed by atoms with Gasteiger partial charge in [-0.1, -0.05) is 13.8 Å². The van der Waals surface area contributed by atoms with E-state index in [9.17, 15) is 4.79 Å². The van der Waals surface area contributed by atoms with Gasteiger partial charge in [-0.2, -0.15) is 0 Å². The summed E-state index contributed by atoms with van der Waals surface area (Å²) in [5, 5.41) is 1.87. The fraction of sp³-hybridized carbons (Fsp3) is 0.300. The second-order valence-corrected chi connectivity index (χ2v) is 5.44. The Morgan fingerprint density at radius 3 is 2.81 bits per heavy atom. The Hall–Kier alpha value is -0.760. The quantitative estimate of drug-likeness (QED) is 0.850. The molecule has 0 atom stereocenters. The van der Waals surface area contributed by atoms with Gasteiger partial charge in [0.25, 0.3) is 5.56 Å². The first-order valence-electron chi connectivity index (χ1n) is 4.78. The number of thiazole rings is 1. The van der Waals surface area contributed by atoms with E-state index >= 15 is 0 Å². The van der Waals surface area contributed by atoms with Crippen molar-refractivity contribution in [1.29, 1.82) is 0 Å². The molecule has 0 aliphatic heterocycles. The summed E-state index contributed by atoms with van der Waals surface area (Å²) in [6.45, 7) is 4.05. The number of hydrogen-bond acceptors (Lipinski definition) is 4. The van der Waals surface area contributed by atoms with E-state index in [1.54, 1.807) is 5.51 Å². The Balaban J connectivity index is 2.62. The lowest BCUT2D eigenvalue weighted by atomic mass is 10.1. The molecule has 2 rings (SSSR count). The summed E-state index contributed by atoms with van der Waals surface area (Å²) in [6, 6.07) is 0. The molecule has 0 fully saturated rings. The second-order valence-electron chi connectivity index (χ2n) is 3.64. The van der Waals surface area contributed by atoms with E-state index in [1.807, 2.05) is 41.8 Å². The third kappa shape index (κ3) is 2.17. The fourth-order valence-corrected chi connectivity index (χ4v) is 2.72. The molecule has 4 nitrogen and oxygen atoms in total. The summed E-state index contributed by atoms with van der Waals surface area (Å²) in [5.41, 5.74) is 3.18. The number of nitrogens with one attached hydrogen (secondary N) is 1. The van der Waals surface area contributed by atoms with Gasteiger partial charge in [0.15, 0.2) is 5.82 Å². The maximum absolute atomic E-state index is 11.7. The topological polar surface area (TPSA) is 58.6 Å². The van der Waals surface area contributed by atoms with Gasteiger partial charge in [0.05, 0.1) is 14.8 Å². The molecule has 2 aromatic rings. The Morgan fingerprint density at radius 1 is 1.50 bits per heavy atom. The molecular weight excluding hydrogens is 337 g/mol. The van der Waals surface area contributed by atoms with Crippen LogP contribution in [0.1, 0.15) is 25.5 Å². The van der Waals surface area contributed by atoms with E-state index in [0.717, 1.165) is 11.4 Å². The van der Waals surface area contributed by atoms with Crippen LogP contribution in [-0.4, -0.2) is 15.0 Å². The number of hydrogen-bond donors (Lipinski definition) is 1. The van der Waals surface area contributed by atoms with Crippen molar-refractivity contribution in [1.82, 2.24) is 15.0 Å². The smallest absolute Gasteiger partial charge is 0.264 e. The van der Waals surface area contributed by atoms with Gasteiger partial charge in [-0.05, 0) is 28.5 Å². The number of aromatic amines is 1. The van der Waals surface area contributed by atoms with Crippen LogP contribution in [0.15, 0.2) is 15.7 Å². The molecular formula is C10H10IN3OS. The molecule has 0 unspecified atom stereocenters. The van der Waals surface area contributed by atoms with Gasteiger partial charge in [-0.3, -0.25) is 4.79 Å². The summed E-state index contributed by atoms with van der Waals surface area (Å²) in [6.07, 6.45) is 0. The van der Waals surface area contributed by atoms with Crippen LogP contribution in [0.3, 0.4) is 0 Å². The van der Waals surface area contributed by atoms with Gasteiger partial charge in [0, 0.05) is 5.38 Å². The van der Waals surface area contributed by atoms with Crippen molar-refractivity contribution >= 4 is 33.9 Å². The maximum Gasteiger partial charge on any atom is 0.264 e. The van der Waals surface area contributed by atoms with E-state index < -0.39 is 0 Å². The number of rotatable bonds is 2. The van der Waals surface area contributed by atoms with Crippen molar-refractivity contribution in [3.63, 3.8) is 0 Å². The van der Waals surface area contributed by atoms with Crippen LogP contribution in [0.4, 0.5) is 0 Å². The number of halogens is 1. The molecule has 0 bridgehead atoms. The Kier molecular flexibility index (Phi) is 3.38. The monoisotopic (exact) mass is 347 g/mol. The molecule has 2 heterocycles. The molecule has 0 aliphatic rings. The lowest BCUT2D eigenvalue weighted by Crippen LogP contribution is -2.17. The van der Waals surface area contributed by atoms with Gasteiger partial charge >= 0.3 is 0 Å². The third-order valence-electron chi connectivity index (χ3n) is 2.11. The predicted molar refractivity (Wildman–Crippen MR) is 72.8 cm³/mol. The van der Waals surface area contributed by atoms with Crippen molar-refractivity contribution in [2.75, 3.05) is 0 Å². The molecule has 0 saturated heterocycles. The summed E-state index contributed by atoms with van der Waals surface area (Å²) in [4.78, 5) is 23.1. The zero-order chi connectivity index (χ0) is 11.7. The van der Waals surface area contributed by atoms with Crippen LogP contribution in [0.25, 0.3) is 11.5 Å². The molecule has 0 saturated carbocycles. The summed E-state index contributed by atoms with van der Waals surface area (Å²) >= 11 is 3.51. The molecule has 84 valence electrons. The van der Waals surface area contributed by atoms with Gasteiger partial charge in [-0.15, -0.1) is 11.3 Å². The molecule has 0 aromatic carbocycles. The van der Waals surface area contributed by atoms with Crippen molar-refractivity contribution in [2.45, 2.75) is 19.8 Å². The van der Waals surface area contributed by atoms with Crippen LogP contribution < -0.4 is 5.56 Å². The lowest BCUT2D eigenvalue weighted by molar-refractivity contribution is 0.801. The number of aromatic nitrogens is 3. The summed E-state index contributed by atoms with van der Waals surface area (Å²) in [5.74, 6) is 0.780. The predicted octanol–water partition coefficient (Wildman–Crippen LogP) is 2.62. The second kappa shape index (κ2) is 4.62. The molecule has 6 heteroatoms. The molecule has 0 spiro atoms. The summed E-state index contributed by atoms with van der Waals surface area (Å²) in [7, 11) is 0. The Bertz CT molecular complexity index is 548. The van der Waals surface area contributed by atoms with E-state index in [0.29, 0.717) is 9.39 Å². The van der Waals surface area contributed by atoms with Crippen molar-refractivity contribution in [3.8, 4) is 11.5 Å². The van der Waals surface area contributed by atoms with Crippen LogP contribution >= 0.6 is 33.9 Å². The molecule has 16 heavy (non-hydrogen) atoms. The van der Waals surface area contributed by atoms with Crippen LogP contribution in [0, 0.1) is 3.57 Å². The van der Waals surface area contributed by atoms with Crippen LogP contribution in [-0.2, 0) is 0 Å². The normalized spacial score (nSPS) is 11.0. The van der Waals surface area contributed by atoms with E-state index in [-0.39, 0.29) is 11.5 Å². The van der Waals surface area contributed by atoms with Gasteiger partial charge in [0.2, 0.25) is 0 Å². The first kappa shape index (κ1) is 11.7. The largest absolute Gasteiger partial charge is 0.304 e. The average molecular weight is 347 g/mol. The van der Waals surface area contributed by atoms with Gasteiger partial charge in [-0.25, -0.2) is 9.97 Å². The average Bonchev–Trinajstić information content (AvgIpc) is 2.74. The molecule has 0 radical (unpaired) electrons. The molecule has 1 N–H and O–H groups in total. The number of H-pyrrole nitrogens is 1. The maximum atomic E-state index is 11.7.